The van der Waals surface area contributed by atoms with Crippen molar-refractivity contribution in [1.82, 2.24) is 4.90 Å². The zero-order valence-electron chi connectivity index (χ0n) is 19.3. The fourth-order valence-corrected chi connectivity index (χ4v) is 4.47. The van der Waals surface area contributed by atoms with Gasteiger partial charge in [-0.3, -0.25) is 9.69 Å². The number of rotatable bonds is 7. The maximum atomic E-state index is 13.9. The smallest absolute Gasteiger partial charge is 0.331 e. The Bertz CT molecular complexity index is 1240. The molecule has 3 aromatic carbocycles. The highest BCUT2D eigenvalue weighted by atomic mass is 19.1. The van der Waals surface area contributed by atoms with E-state index in [1.54, 1.807) is 24.3 Å². The standard InChI is InChI=1S/C28H26F2N2O3/c1-2-21-15-22(28(34)35)23(17-32(21)16-18-7-4-3-5-8-18)19-11-13-20(14-12-19)31-27(33)26-24(29)9-6-10-25(26)30/h3-14,21H,2,15-17H2,1H3,(H,31,33)(H,34,35). The van der Waals surface area contributed by atoms with Crippen molar-refractivity contribution in [2.45, 2.75) is 32.4 Å². The molecular formula is C28H26F2N2O3. The third-order valence-electron chi connectivity index (χ3n) is 6.32. The molecule has 0 aliphatic carbocycles. The fraction of sp³-hybridized carbons (Fsp3) is 0.214. The molecule has 1 atom stereocenters. The summed E-state index contributed by atoms with van der Waals surface area (Å²) in [6, 6.07) is 20.0. The highest BCUT2D eigenvalue weighted by Crippen LogP contribution is 2.33. The second kappa shape index (κ2) is 10.6. The van der Waals surface area contributed by atoms with E-state index >= 15 is 0 Å². The average Bonchev–Trinajstić information content (AvgIpc) is 2.84. The van der Waals surface area contributed by atoms with Gasteiger partial charge in [-0.25, -0.2) is 13.6 Å². The minimum atomic E-state index is -0.943. The van der Waals surface area contributed by atoms with Crippen LogP contribution in [0.4, 0.5) is 14.5 Å². The number of carboxylic acid groups (broad SMARTS) is 1. The summed E-state index contributed by atoms with van der Waals surface area (Å²) in [6.45, 7) is 3.24. The molecule has 35 heavy (non-hydrogen) atoms. The molecule has 1 heterocycles. The minimum absolute atomic E-state index is 0.110. The van der Waals surface area contributed by atoms with E-state index in [1.165, 1.54) is 6.07 Å². The van der Waals surface area contributed by atoms with Gasteiger partial charge in [-0.1, -0.05) is 55.5 Å². The van der Waals surface area contributed by atoms with Gasteiger partial charge in [0.25, 0.3) is 5.91 Å². The predicted octanol–water partition coefficient (Wildman–Crippen LogP) is 5.74. The third kappa shape index (κ3) is 5.46. The van der Waals surface area contributed by atoms with Crippen LogP contribution in [0.1, 0.15) is 41.3 Å². The first-order valence-corrected chi connectivity index (χ1v) is 11.5. The van der Waals surface area contributed by atoms with Crippen LogP contribution in [0.2, 0.25) is 0 Å². The Kier molecular flexibility index (Phi) is 7.36. The summed E-state index contributed by atoms with van der Waals surface area (Å²) in [5.41, 5.74) is 2.68. The molecule has 2 N–H and O–H groups in total. The number of nitrogens with zero attached hydrogens (tertiary/aromatic N) is 1. The molecule has 0 fully saturated rings. The normalized spacial score (nSPS) is 16.3. The van der Waals surface area contributed by atoms with Crippen LogP contribution in [0.25, 0.3) is 5.57 Å². The monoisotopic (exact) mass is 476 g/mol. The number of halogens is 2. The summed E-state index contributed by atoms with van der Waals surface area (Å²) in [4.78, 5) is 26.8. The number of hydrogen-bond acceptors (Lipinski definition) is 3. The van der Waals surface area contributed by atoms with Crippen molar-refractivity contribution in [3.63, 3.8) is 0 Å². The Labute approximate surface area is 202 Å². The van der Waals surface area contributed by atoms with Crippen LogP contribution in [-0.2, 0) is 11.3 Å². The molecule has 1 aliphatic rings. The van der Waals surface area contributed by atoms with Gasteiger partial charge in [0.05, 0.1) is 0 Å². The Balaban J connectivity index is 1.58. The molecule has 0 spiro atoms. The fourth-order valence-electron chi connectivity index (χ4n) is 4.47. The SMILES string of the molecule is CCC1CC(C(=O)O)=C(c2ccc(NC(=O)c3c(F)cccc3F)cc2)CN1Cc1ccccc1. The number of hydrogen-bond donors (Lipinski definition) is 2. The predicted molar refractivity (Wildman–Crippen MR) is 131 cm³/mol. The van der Waals surface area contributed by atoms with Crippen LogP contribution in [0.5, 0.6) is 0 Å². The molecule has 0 saturated heterocycles. The van der Waals surface area contributed by atoms with Crippen LogP contribution in [0, 0.1) is 11.6 Å². The number of nitrogens with one attached hydrogen (secondary N) is 1. The van der Waals surface area contributed by atoms with Gasteiger partial charge in [0, 0.05) is 30.4 Å². The van der Waals surface area contributed by atoms with Gasteiger partial charge in [0.2, 0.25) is 0 Å². The van der Waals surface area contributed by atoms with Gasteiger partial charge in [0.15, 0.2) is 0 Å². The number of benzene rings is 3. The van der Waals surface area contributed by atoms with Gasteiger partial charge < -0.3 is 10.4 Å². The molecule has 0 bridgehead atoms. The number of aliphatic carboxylic acids is 1. The van der Waals surface area contributed by atoms with Crippen LogP contribution in [0.3, 0.4) is 0 Å². The molecule has 4 rings (SSSR count). The van der Waals surface area contributed by atoms with Crippen LogP contribution in [0.15, 0.2) is 78.4 Å². The summed E-state index contributed by atoms with van der Waals surface area (Å²) in [5, 5.41) is 12.4. The summed E-state index contributed by atoms with van der Waals surface area (Å²) in [6.07, 6.45) is 1.26. The Morgan fingerprint density at radius 1 is 0.971 bits per heavy atom. The van der Waals surface area contributed by atoms with Gasteiger partial charge in [0.1, 0.15) is 17.2 Å². The number of carbonyl (C=O) groups excluding carboxylic acids is 1. The highest BCUT2D eigenvalue weighted by Gasteiger charge is 2.30. The molecule has 1 amide bonds. The molecule has 3 aromatic rings. The van der Waals surface area contributed by atoms with Gasteiger partial charge in [-0.2, -0.15) is 0 Å². The summed E-state index contributed by atoms with van der Waals surface area (Å²) >= 11 is 0. The van der Waals surface area contributed by atoms with Crippen molar-refractivity contribution in [2.24, 2.45) is 0 Å². The second-order valence-corrected chi connectivity index (χ2v) is 8.55. The Morgan fingerprint density at radius 2 is 1.63 bits per heavy atom. The van der Waals surface area contributed by atoms with Crippen molar-refractivity contribution in [3.8, 4) is 0 Å². The van der Waals surface area contributed by atoms with Crippen molar-refractivity contribution in [1.29, 1.82) is 0 Å². The molecular weight excluding hydrogens is 450 g/mol. The molecule has 180 valence electrons. The highest BCUT2D eigenvalue weighted by molar-refractivity contribution is 6.04. The van der Waals surface area contributed by atoms with E-state index in [1.807, 2.05) is 18.2 Å². The minimum Gasteiger partial charge on any atom is -0.478 e. The third-order valence-corrected chi connectivity index (χ3v) is 6.32. The van der Waals surface area contributed by atoms with Gasteiger partial charge >= 0.3 is 5.97 Å². The van der Waals surface area contributed by atoms with Crippen molar-refractivity contribution in [2.75, 3.05) is 11.9 Å². The molecule has 7 heteroatoms. The van der Waals surface area contributed by atoms with Crippen LogP contribution >= 0.6 is 0 Å². The van der Waals surface area contributed by atoms with Crippen LogP contribution in [-0.4, -0.2) is 34.5 Å². The van der Waals surface area contributed by atoms with E-state index in [-0.39, 0.29) is 6.04 Å². The summed E-state index contributed by atoms with van der Waals surface area (Å²) < 4.78 is 27.8. The summed E-state index contributed by atoms with van der Waals surface area (Å²) in [7, 11) is 0. The number of amides is 1. The average molecular weight is 477 g/mol. The molecule has 1 unspecified atom stereocenters. The van der Waals surface area contributed by atoms with E-state index < -0.39 is 29.1 Å². The Morgan fingerprint density at radius 3 is 2.23 bits per heavy atom. The van der Waals surface area contributed by atoms with Crippen molar-refractivity contribution in [3.05, 3.63) is 107 Å². The first-order valence-electron chi connectivity index (χ1n) is 11.5. The Hall–Kier alpha value is -3.84. The first kappa shape index (κ1) is 24.3. The van der Waals surface area contributed by atoms with E-state index in [9.17, 15) is 23.5 Å². The molecule has 1 aliphatic heterocycles. The quantitative estimate of drug-likeness (QED) is 0.456. The molecule has 0 aromatic heterocycles. The lowest BCUT2D eigenvalue weighted by Gasteiger charge is -2.37. The molecule has 0 radical (unpaired) electrons. The first-order chi connectivity index (χ1) is 16.9. The van der Waals surface area contributed by atoms with E-state index in [0.717, 1.165) is 35.3 Å². The number of carboxylic acids is 1. The van der Waals surface area contributed by atoms with Crippen LogP contribution < -0.4 is 5.32 Å². The van der Waals surface area contributed by atoms with E-state index in [4.69, 9.17) is 0 Å². The lowest BCUT2D eigenvalue weighted by Crippen LogP contribution is -2.40. The maximum Gasteiger partial charge on any atom is 0.331 e. The lowest BCUT2D eigenvalue weighted by atomic mass is 9.88. The summed E-state index contributed by atoms with van der Waals surface area (Å²) in [5.74, 6) is -3.72. The lowest BCUT2D eigenvalue weighted by molar-refractivity contribution is -0.133. The second-order valence-electron chi connectivity index (χ2n) is 8.55. The number of carbonyl (C=O) groups is 2. The topological polar surface area (TPSA) is 69.6 Å². The van der Waals surface area contributed by atoms with E-state index in [2.05, 4.69) is 29.3 Å². The van der Waals surface area contributed by atoms with E-state index in [0.29, 0.717) is 30.8 Å². The zero-order chi connectivity index (χ0) is 24.9. The zero-order valence-corrected chi connectivity index (χ0v) is 19.3. The van der Waals surface area contributed by atoms with Crippen molar-refractivity contribution < 1.29 is 23.5 Å². The molecule has 5 nitrogen and oxygen atoms in total. The largest absolute Gasteiger partial charge is 0.478 e. The van der Waals surface area contributed by atoms with Gasteiger partial charge in [-0.15, -0.1) is 0 Å². The number of anilines is 1. The van der Waals surface area contributed by atoms with Crippen molar-refractivity contribution >= 4 is 23.1 Å². The maximum absolute atomic E-state index is 13.9. The van der Waals surface area contributed by atoms with Gasteiger partial charge in [-0.05, 0) is 53.8 Å². The molecule has 0 saturated carbocycles.